The first kappa shape index (κ1) is 18.0. The van der Waals surface area contributed by atoms with Crippen LogP contribution in [0.25, 0.3) is 0 Å². The second-order valence-corrected chi connectivity index (χ2v) is 7.23. The Kier molecular flexibility index (Phi) is 5.58. The van der Waals surface area contributed by atoms with Gasteiger partial charge in [-0.3, -0.25) is 0 Å². The van der Waals surface area contributed by atoms with Crippen LogP contribution < -0.4 is 0 Å². The monoisotopic (exact) mass is 348 g/mol. The molecule has 24 heavy (non-hydrogen) atoms. The average Bonchev–Trinajstić information content (AvgIpc) is 2.56. The molecule has 0 fully saturated rings. The highest BCUT2D eigenvalue weighted by molar-refractivity contribution is 7.89. The number of benzene rings is 2. The van der Waals surface area contributed by atoms with Crippen LogP contribution in [0.15, 0.2) is 59.5 Å². The Labute approximate surface area is 142 Å². The molecule has 0 N–H and O–H groups in total. The van der Waals surface area contributed by atoms with Gasteiger partial charge in [-0.2, -0.15) is 8.42 Å². The first-order valence-corrected chi connectivity index (χ1v) is 8.76. The summed E-state index contributed by atoms with van der Waals surface area (Å²) in [6, 6.07) is 14.5. The van der Waals surface area contributed by atoms with E-state index >= 15 is 0 Å². The van der Waals surface area contributed by atoms with Crippen molar-refractivity contribution in [1.82, 2.24) is 9.37 Å². The fourth-order valence-corrected chi connectivity index (χ4v) is 3.14. The topological polar surface area (TPSA) is 66.9 Å². The Balaban J connectivity index is 2.31. The summed E-state index contributed by atoms with van der Waals surface area (Å²) in [6.45, 7) is 1.82. The molecule has 0 saturated heterocycles. The number of carbonyl (C=O) groups is 1. The predicted octanol–water partition coefficient (Wildman–Crippen LogP) is 2.80. The Hall–Kier alpha value is -2.38. The highest BCUT2D eigenvalue weighted by Gasteiger charge is 2.32. The Morgan fingerprint density at radius 2 is 1.58 bits per heavy atom. The fourth-order valence-electron chi connectivity index (χ4n) is 1.90. The summed E-state index contributed by atoms with van der Waals surface area (Å²) in [4.78, 5) is 18.8. The molecule has 0 aliphatic carbocycles. The number of amides is 2. The van der Waals surface area contributed by atoms with E-state index in [1.165, 1.54) is 26.2 Å². The van der Waals surface area contributed by atoms with Crippen LogP contribution in [0, 0.1) is 6.92 Å². The lowest BCUT2D eigenvalue weighted by Gasteiger charge is -2.24. The van der Waals surface area contributed by atoms with Gasteiger partial charge in [0.25, 0.3) is 10.0 Å². The number of rotatable bonds is 5. The molecule has 2 rings (SSSR count). The Bertz CT molecular complexity index is 787. The molecule has 0 aromatic heterocycles. The van der Waals surface area contributed by atoms with Crippen molar-refractivity contribution in [2.45, 2.75) is 18.4 Å². The van der Waals surface area contributed by atoms with Gasteiger partial charge in [-0.05, 0) is 24.6 Å². The van der Waals surface area contributed by atoms with Gasteiger partial charge in [0.2, 0.25) is 0 Å². The lowest BCUT2D eigenvalue weighted by atomic mass is 10.2. The average molecular weight is 348 g/mol. The van der Waals surface area contributed by atoms with Crippen LogP contribution in [0.3, 0.4) is 0 Å². The molecule has 0 unspecified atom stereocenters. The normalized spacial score (nSPS) is 11.1. The maximum Gasteiger partial charge on any atom is 0.358 e. The van der Waals surface area contributed by atoms with E-state index in [-0.39, 0.29) is 11.5 Å². The number of nitrogens with zero attached hydrogens (tertiary/aromatic N) is 2. The number of carbonyl (C=O) groups excluding carboxylic acids is 1. The summed E-state index contributed by atoms with van der Waals surface area (Å²) in [5.41, 5.74) is 1.68. The minimum absolute atomic E-state index is 0.00337. The van der Waals surface area contributed by atoms with Crippen LogP contribution in [-0.2, 0) is 21.5 Å². The maximum atomic E-state index is 12.8. The Morgan fingerprint density at radius 1 is 1.00 bits per heavy atom. The van der Waals surface area contributed by atoms with Gasteiger partial charge in [-0.15, -0.1) is 0 Å². The number of hydrogen-bond donors (Lipinski definition) is 0. The van der Waals surface area contributed by atoms with Crippen molar-refractivity contribution < 1.29 is 18.0 Å². The van der Waals surface area contributed by atoms with Crippen molar-refractivity contribution in [1.29, 1.82) is 0 Å². The maximum absolute atomic E-state index is 12.8. The van der Waals surface area contributed by atoms with E-state index in [0.29, 0.717) is 4.47 Å². The quantitative estimate of drug-likeness (QED) is 0.779. The summed E-state index contributed by atoms with van der Waals surface area (Å²) in [5.74, 6) is 0. The number of sulfonamides is 1. The van der Waals surface area contributed by atoms with Crippen molar-refractivity contribution in [3.05, 3.63) is 65.7 Å². The molecular weight excluding hydrogens is 328 g/mol. The van der Waals surface area contributed by atoms with Crippen LogP contribution in [-0.4, -0.2) is 37.9 Å². The van der Waals surface area contributed by atoms with Gasteiger partial charge in [-0.1, -0.05) is 52.5 Å². The zero-order valence-corrected chi connectivity index (χ0v) is 14.7. The van der Waals surface area contributed by atoms with Gasteiger partial charge in [0.05, 0.1) is 4.90 Å². The van der Waals surface area contributed by atoms with E-state index < -0.39 is 16.1 Å². The third-order valence-corrected chi connectivity index (χ3v) is 4.83. The van der Waals surface area contributed by atoms with Gasteiger partial charge in [0, 0.05) is 14.1 Å². The molecule has 128 valence electrons. The van der Waals surface area contributed by atoms with Crippen molar-refractivity contribution in [3.63, 3.8) is 0 Å². The molecule has 0 atom stereocenters. The second kappa shape index (κ2) is 7.46. The van der Waals surface area contributed by atoms with Crippen molar-refractivity contribution in [2.75, 3.05) is 14.1 Å². The molecule has 0 aliphatic heterocycles. The number of hydroxylamine groups is 1. The highest BCUT2D eigenvalue weighted by atomic mass is 32.2. The van der Waals surface area contributed by atoms with Crippen LogP contribution in [0.1, 0.15) is 11.1 Å². The highest BCUT2D eigenvalue weighted by Crippen LogP contribution is 2.19. The molecule has 0 saturated carbocycles. The van der Waals surface area contributed by atoms with Gasteiger partial charge in [0.1, 0.15) is 6.61 Å². The van der Waals surface area contributed by atoms with Gasteiger partial charge < -0.3 is 4.90 Å². The van der Waals surface area contributed by atoms with Gasteiger partial charge >= 0.3 is 6.03 Å². The number of aryl methyl sites for hydroxylation is 1. The Morgan fingerprint density at radius 3 is 2.12 bits per heavy atom. The second-order valence-electron chi connectivity index (χ2n) is 5.48. The molecule has 0 radical (unpaired) electrons. The van der Waals surface area contributed by atoms with E-state index in [2.05, 4.69) is 0 Å². The van der Waals surface area contributed by atoms with Crippen LogP contribution in [0.5, 0.6) is 0 Å². The van der Waals surface area contributed by atoms with E-state index in [4.69, 9.17) is 4.84 Å². The zero-order valence-electron chi connectivity index (χ0n) is 13.8. The number of hydrogen-bond acceptors (Lipinski definition) is 4. The molecule has 0 bridgehead atoms. The molecule has 7 heteroatoms. The summed E-state index contributed by atoms with van der Waals surface area (Å²) in [5, 5.41) is 0. The van der Waals surface area contributed by atoms with Crippen molar-refractivity contribution in [3.8, 4) is 0 Å². The lowest BCUT2D eigenvalue weighted by molar-refractivity contribution is -0.0668. The third-order valence-electron chi connectivity index (χ3n) is 3.27. The van der Waals surface area contributed by atoms with E-state index in [0.717, 1.165) is 16.0 Å². The predicted molar refractivity (Wildman–Crippen MR) is 90.5 cm³/mol. The smallest absolute Gasteiger partial charge is 0.328 e. The summed E-state index contributed by atoms with van der Waals surface area (Å²) in [6.07, 6.45) is 0. The van der Waals surface area contributed by atoms with Gasteiger partial charge in [-0.25, -0.2) is 9.63 Å². The summed E-state index contributed by atoms with van der Waals surface area (Å²) >= 11 is 0. The van der Waals surface area contributed by atoms with Gasteiger partial charge in [0.15, 0.2) is 0 Å². The zero-order chi connectivity index (χ0) is 17.7. The van der Waals surface area contributed by atoms with E-state index in [1.54, 1.807) is 24.3 Å². The van der Waals surface area contributed by atoms with Crippen LogP contribution in [0.4, 0.5) is 4.79 Å². The molecular formula is C17H20N2O4S. The first-order chi connectivity index (χ1) is 11.3. The third kappa shape index (κ3) is 4.12. The van der Waals surface area contributed by atoms with E-state index in [9.17, 15) is 13.2 Å². The standard InChI is InChI=1S/C17H20N2O4S/c1-14-9-11-16(12-10-14)24(21,22)19(17(20)18(2)3)23-13-15-7-5-4-6-8-15/h4-12H,13H2,1-3H3. The minimum Gasteiger partial charge on any atom is -0.328 e. The SMILES string of the molecule is Cc1ccc(S(=O)(=O)N(OCc2ccccc2)C(=O)N(C)C)cc1. The fraction of sp³-hybridized carbons (Fsp3) is 0.235. The summed E-state index contributed by atoms with van der Waals surface area (Å²) < 4.78 is 26.0. The first-order valence-electron chi connectivity index (χ1n) is 7.32. The lowest BCUT2D eigenvalue weighted by Crippen LogP contribution is -2.43. The van der Waals surface area contributed by atoms with Crippen LogP contribution in [0.2, 0.25) is 0 Å². The largest absolute Gasteiger partial charge is 0.358 e. The summed E-state index contributed by atoms with van der Waals surface area (Å²) in [7, 11) is -1.18. The van der Waals surface area contributed by atoms with E-state index in [1.807, 2.05) is 25.1 Å². The molecule has 2 aromatic rings. The molecule has 0 spiro atoms. The van der Waals surface area contributed by atoms with Crippen LogP contribution >= 0.6 is 0 Å². The molecule has 0 heterocycles. The molecule has 0 aliphatic rings. The van der Waals surface area contributed by atoms with Crippen molar-refractivity contribution >= 4 is 16.1 Å². The number of urea groups is 1. The van der Waals surface area contributed by atoms with Crippen molar-refractivity contribution in [2.24, 2.45) is 0 Å². The molecule has 6 nitrogen and oxygen atoms in total. The minimum atomic E-state index is -4.11. The molecule has 2 amide bonds. The molecule has 2 aromatic carbocycles.